The number of guanidine groups is 1. The van der Waals surface area contributed by atoms with Gasteiger partial charge in [0.05, 0.1) is 6.54 Å². The van der Waals surface area contributed by atoms with Crippen LogP contribution in [0.2, 0.25) is 0 Å². The molecule has 0 aromatic rings. The molecule has 0 bridgehead atoms. The van der Waals surface area contributed by atoms with Crippen molar-refractivity contribution in [1.29, 1.82) is 0 Å². The molecule has 1 aliphatic carbocycles. The fraction of sp³-hybridized carbons (Fsp3) is 0.929. The first kappa shape index (κ1) is 19.0. The Bertz CT molecular complexity index is 250. The fourth-order valence-electron chi connectivity index (χ4n) is 2.75. The van der Waals surface area contributed by atoms with Gasteiger partial charge in [-0.2, -0.15) is 0 Å². The van der Waals surface area contributed by atoms with Crippen molar-refractivity contribution in [3.05, 3.63) is 0 Å². The molecule has 1 aliphatic rings. The van der Waals surface area contributed by atoms with Crippen LogP contribution in [0.1, 0.15) is 45.4 Å². The summed E-state index contributed by atoms with van der Waals surface area (Å²) in [7, 11) is 4.31. The van der Waals surface area contributed by atoms with E-state index in [-0.39, 0.29) is 24.0 Å². The van der Waals surface area contributed by atoms with Gasteiger partial charge in [0.15, 0.2) is 5.96 Å². The van der Waals surface area contributed by atoms with Gasteiger partial charge >= 0.3 is 0 Å². The van der Waals surface area contributed by atoms with Gasteiger partial charge in [0.1, 0.15) is 0 Å². The van der Waals surface area contributed by atoms with Crippen LogP contribution in [-0.4, -0.2) is 44.1 Å². The van der Waals surface area contributed by atoms with Crippen molar-refractivity contribution in [3.8, 4) is 0 Å². The standard InChI is InChI=1S/C14H30N4.HI/c1-4-10-16-14(15)17-11-13(18(2)3)12-8-6-5-7-9-12;/h12-13H,4-11H2,1-3H3,(H3,15,16,17);1H. The van der Waals surface area contributed by atoms with Crippen LogP contribution in [0.25, 0.3) is 0 Å². The van der Waals surface area contributed by atoms with E-state index in [1.165, 1.54) is 32.1 Å². The SMILES string of the molecule is CCCNC(N)=NCC(C1CCCCC1)N(C)C.I. The van der Waals surface area contributed by atoms with Crippen molar-refractivity contribution in [1.82, 2.24) is 10.2 Å². The van der Waals surface area contributed by atoms with Crippen LogP contribution in [0.4, 0.5) is 0 Å². The van der Waals surface area contributed by atoms with E-state index in [1.807, 2.05) is 0 Å². The number of nitrogens with one attached hydrogen (secondary N) is 1. The Morgan fingerprint density at radius 3 is 2.47 bits per heavy atom. The predicted octanol–water partition coefficient (Wildman–Crippen LogP) is 2.43. The number of hydrogen-bond donors (Lipinski definition) is 2. The molecule has 1 atom stereocenters. The van der Waals surface area contributed by atoms with E-state index in [0.717, 1.165) is 25.4 Å². The van der Waals surface area contributed by atoms with Crippen molar-refractivity contribution in [2.75, 3.05) is 27.2 Å². The zero-order chi connectivity index (χ0) is 13.4. The Labute approximate surface area is 135 Å². The van der Waals surface area contributed by atoms with Gasteiger partial charge in [-0.05, 0) is 39.3 Å². The normalized spacial score (nSPS) is 19.1. The largest absolute Gasteiger partial charge is 0.370 e. The minimum absolute atomic E-state index is 0. The van der Waals surface area contributed by atoms with E-state index in [0.29, 0.717) is 12.0 Å². The molecule has 0 aromatic carbocycles. The lowest BCUT2D eigenvalue weighted by Gasteiger charge is -2.33. The van der Waals surface area contributed by atoms with E-state index in [1.54, 1.807) is 0 Å². The van der Waals surface area contributed by atoms with Gasteiger partial charge in [-0.1, -0.05) is 26.2 Å². The predicted molar refractivity (Wildman–Crippen MR) is 94.2 cm³/mol. The summed E-state index contributed by atoms with van der Waals surface area (Å²) in [5.74, 6) is 1.39. The van der Waals surface area contributed by atoms with Crippen molar-refractivity contribution in [2.45, 2.75) is 51.5 Å². The minimum Gasteiger partial charge on any atom is -0.370 e. The number of halogens is 1. The molecule has 0 saturated heterocycles. The quantitative estimate of drug-likeness (QED) is 0.422. The molecule has 4 nitrogen and oxygen atoms in total. The monoisotopic (exact) mass is 382 g/mol. The zero-order valence-electron chi connectivity index (χ0n) is 12.7. The molecule has 19 heavy (non-hydrogen) atoms. The first-order valence-corrected chi connectivity index (χ1v) is 7.35. The van der Waals surface area contributed by atoms with Gasteiger partial charge in [0, 0.05) is 12.6 Å². The van der Waals surface area contributed by atoms with Crippen molar-refractivity contribution < 1.29 is 0 Å². The second kappa shape index (κ2) is 10.7. The summed E-state index contributed by atoms with van der Waals surface area (Å²) in [6.45, 7) is 3.86. The lowest BCUT2D eigenvalue weighted by atomic mass is 9.83. The van der Waals surface area contributed by atoms with Gasteiger partial charge in [-0.25, -0.2) is 0 Å². The second-order valence-electron chi connectivity index (χ2n) is 5.58. The number of rotatable bonds is 6. The molecule has 3 N–H and O–H groups in total. The summed E-state index contributed by atoms with van der Waals surface area (Å²) < 4.78 is 0. The number of likely N-dealkylation sites (N-methyl/N-ethyl adjacent to an activating group) is 1. The van der Waals surface area contributed by atoms with Crippen LogP contribution in [0.3, 0.4) is 0 Å². The number of nitrogens with two attached hydrogens (primary N) is 1. The van der Waals surface area contributed by atoms with Crippen LogP contribution in [0.15, 0.2) is 4.99 Å². The molecule has 1 rings (SSSR count). The van der Waals surface area contributed by atoms with Crippen LogP contribution in [0.5, 0.6) is 0 Å². The van der Waals surface area contributed by atoms with E-state index in [4.69, 9.17) is 5.73 Å². The van der Waals surface area contributed by atoms with Gasteiger partial charge in [-0.15, -0.1) is 24.0 Å². The maximum Gasteiger partial charge on any atom is 0.188 e. The van der Waals surface area contributed by atoms with E-state index in [2.05, 4.69) is 36.2 Å². The van der Waals surface area contributed by atoms with E-state index >= 15 is 0 Å². The molecule has 0 aliphatic heterocycles. The highest BCUT2D eigenvalue weighted by atomic mass is 127. The van der Waals surface area contributed by atoms with Gasteiger partial charge < -0.3 is 16.0 Å². The highest BCUT2D eigenvalue weighted by Crippen LogP contribution is 2.28. The third-order valence-electron chi connectivity index (χ3n) is 3.86. The van der Waals surface area contributed by atoms with Crippen LogP contribution in [-0.2, 0) is 0 Å². The first-order chi connectivity index (χ1) is 8.65. The lowest BCUT2D eigenvalue weighted by molar-refractivity contribution is 0.176. The van der Waals surface area contributed by atoms with Gasteiger partial charge in [0.2, 0.25) is 0 Å². The van der Waals surface area contributed by atoms with Gasteiger partial charge in [0.25, 0.3) is 0 Å². The molecule has 0 spiro atoms. The summed E-state index contributed by atoms with van der Waals surface area (Å²) in [5, 5.41) is 3.14. The topological polar surface area (TPSA) is 53.6 Å². The molecular formula is C14H31IN4. The summed E-state index contributed by atoms with van der Waals surface area (Å²) in [5.41, 5.74) is 5.86. The number of nitrogens with zero attached hydrogens (tertiary/aromatic N) is 2. The molecule has 0 heterocycles. The molecule has 0 radical (unpaired) electrons. The van der Waals surface area contributed by atoms with Crippen molar-refractivity contribution in [3.63, 3.8) is 0 Å². The molecule has 1 saturated carbocycles. The average molecular weight is 382 g/mol. The molecule has 0 aromatic heterocycles. The minimum atomic E-state index is 0. The third kappa shape index (κ3) is 7.34. The third-order valence-corrected chi connectivity index (χ3v) is 3.86. The van der Waals surface area contributed by atoms with Crippen LogP contribution < -0.4 is 11.1 Å². The molecule has 1 unspecified atom stereocenters. The molecular weight excluding hydrogens is 351 g/mol. The summed E-state index contributed by atoms with van der Waals surface area (Å²) in [6.07, 6.45) is 7.93. The maximum absolute atomic E-state index is 5.86. The Balaban J connectivity index is 0.00000324. The summed E-state index contributed by atoms with van der Waals surface area (Å²) in [4.78, 5) is 6.81. The zero-order valence-corrected chi connectivity index (χ0v) is 15.0. The first-order valence-electron chi connectivity index (χ1n) is 7.35. The second-order valence-corrected chi connectivity index (χ2v) is 5.58. The Morgan fingerprint density at radius 2 is 1.95 bits per heavy atom. The highest BCUT2D eigenvalue weighted by molar-refractivity contribution is 14.0. The average Bonchev–Trinajstić information content (AvgIpc) is 2.37. The van der Waals surface area contributed by atoms with Crippen LogP contribution in [0, 0.1) is 5.92 Å². The molecule has 1 fully saturated rings. The van der Waals surface area contributed by atoms with Crippen LogP contribution >= 0.6 is 24.0 Å². The Kier molecular flexibility index (Phi) is 10.7. The smallest absolute Gasteiger partial charge is 0.188 e. The molecule has 5 heteroatoms. The highest BCUT2D eigenvalue weighted by Gasteiger charge is 2.24. The van der Waals surface area contributed by atoms with E-state index < -0.39 is 0 Å². The number of hydrogen-bond acceptors (Lipinski definition) is 2. The molecule has 0 amide bonds. The van der Waals surface area contributed by atoms with E-state index in [9.17, 15) is 0 Å². The van der Waals surface area contributed by atoms with Crippen molar-refractivity contribution in [2.24, 2.45) is 16.6 Å². The molecule has 114 valence electrons. The fourth-order valence-corrected chi connectivity index (χ4v) is 2.75. The summed E-state index contributed by atoms with van der Waals surface area (Å²) >= 11 is 0. The van der Waals surface area contributed by atoms with Crippen molar-refractivity contribution >= 4 is 29.9 Å². The Hall–Kier alpha value is -0.0400. The summed E-state index contributed by atoms with van der Waals surface area (Å²) in [6, 6.07) is 0.535. The lowest BCUT2D eigenvalue weighted by Crippen LogP contribution is -2.40. The Morgan fingerprint density at radius 1 is 1.32 bits per heavy atom. The maximum atomic E-state index is 5.86. The number of aliphatic imine (C=N–C) groups is 1. The van der Waals surface area contributed by atoms with Gasteiger partial charge in [-0.3, -0.25) is 4.99 Å².